The van der Waals surface area contributed by atoms with Crippen molar-refractivity contribution in [2.24, 2.45) is 0 Å². The molecule has 0 radical (unpaired) electrons. The van der Waals surface area contributed by atoms with Gasteiger partial charge < -0.3 is 10.1 Å². The fourth-order valence-electron chi connectivity index (χ4n) is 2.06. The van der Waals surface area contributed by atoms with Gasteiger partial charge in [0.2, 0.25) is 0 Å². The molecular weight excluding hydrogens is 334 g/mol. The van der Waals surface area contributed by atoms with E-state index in [0.717, 1.165) is 21.5 Å². The third-order valence-electron chi connectivity index (χ3n) is 3.39. The van der Waals surface area contributed by atoms with E-state index in [9.17, 15) is 4.79 Å². The second-order valence-electron chi connectivity index (χ2n) is 5.12. The monoisotopic (exact) mass is 349 g/mol. The summed E-state index contributed by atoms with van der Waals surface area (Å²) in [4.78, 5) is 12.1. The lowest BCUT2D eigenvalue weighted by atomic mass is 10.2. The van der Waals surface area contributed by atoms with E-state index >= 15 is 0 Å². The van der Waals surface area contributed by atoms with Crippen molar-refractivity contribution in [3.63, 3.8) is 0 Å². The zero-order valence-corrected chi connectivity index (χ0v) is 13.3. The van der Waals surface area contributed by atoms with Crippen LogP contribution in [0, 0.1) is 0 Å². The number of halogens is 1. The van der Waals surface area contributed by atoms with E-state index in [1.807, 2.05) is 18.2 Å². The van der Waals surface area contributed by atoms with E-state index in [-0.39, 0.29) is 5.56 Å². The lowest BCUT2D eigenvalue weighted by Crippen LogP contribution is -2.23. The van der Waals surface area contributed by atoms with Gasteiger partial charge in [-0.25, -0.2) is 4.68 Å². The minimum absolute atomic E-state index is 0.115. The molecule has 1 saturated carbocycles. The van der Waals surface area contributed by atoms with Crippen LogP contribution in [0.2, 0.25) is 0 Å². The maximum absolute atomic E-state index is 12.1. The maximum Gasteiger partial charge on any atom is 0.269 e. The molecule has 1 heterocycles. The van der Waals surface area contributed by atoms with Crippen LogP contribution in [-0.4, -0.2) is 22.9 Å². The molecular formula is C15H16BrN3O2. The number of rotatable bonds is 5. The van der Waals surface area contributed by atoms with Crippen molar-refractivity contribution in [2.45, 2.75) is 25.4 Å². The minimum atomic E-state index is -0.115. The molecule has 0 unspecified atom stereocenters. The van der Waals surface area contributed by atoms with Crippen LogP contribution in [-0.2, 0) is 6.54 Å². The van der Waals surface area contributed by atoms with Crippen molar-refractivity contribution in [1.82, 2.24) is 9.78 Å². The SMILES string of the molecule is COc1ccc(Br)c(Cn2ncc(NC3CC3)cc2=O)c1. The summed E-state index contributed by atoms with van der Waals surface area (Å²) in [6, 6.07) is 7.78. The molecule has 3 rings (SSSR count). The first-order valence-electron chi connectivity index (χ1n) is 6.82. The van der Waals surface area contributed by atoms with E-state index in [2.05, 4.69) is 26.3 Å². The van der Waals surface area contributed by atoms with Crippen LogP contribution >= 0.6 is 15.9 Å². The number of hydrogen-bond acceptors (Lipinski definition) is 4. The highest BCUT2D eigenvalue weighted by molar-refractivity contribution is 9.10. The molecule has 1 aliphatic rings. The average Bonchev–Trinajstić information content (AvgIpc) is 3.28. The lowest BCUT2D eigenvalue weighted by molar-refractivity contribution is 0.414. The highest BCUT2D eigenvalue weighted by Gasteiger charge is 2.21. The average molecular weight is 350 g/mol. The Hall–Kier alpha value is -1.82. The number of aromatic nitrogens is 2. The van der Waals surface area contributed by atoms with Gasteiger partial charge in [0, 0.05) is 16.6 Å². The summed E-state index contributed by atoms with van der Waals surface area (Å²) in [6.45, 7) is 0.403. The quantitative estimate of drug-likeness (QED) is 0.901. The third-order valence-corrected chi connectivity index (χ3v) is 4.16. The van der Waals surface area contributed by atoms with Crippen LogP contribution in [0.4, 0.5) is 5.69 Å². The molecule has 5 nitrogen and oxygen atoms in total. The molecule has 1 aromatic heterocycles. The Morgan fingerprint density at radius 2 is 2.24 bits per heavy atom. The van der Waals surface area contributed by atoms with Crippen LogP contribution in [0.1, 0.15) is 18.4 Å². The molecule has 110 valence electrons. The maximum atomic E-state index is 12.1. The summed E-state index contributed by atoms with van der Waals surface area (Å²) in [5.41, 5.74) is 1.63. The molecule has 0 saturated heterocycles. The summed E-state index contributed by atoms with van der Waals surface area (Å²) in [5.74, 6) is 0.758. The lowest BCUT2D eigenvalue weighted by Gasteiger charge is -2.10. The van der Waals surface area contributed by atoms with E-state index in [1.54, 1.807) is 19.4 Å². The highest BCUT2D eigenvalue weighted by atomic mass is 79.9. The summed E-state index contributed by atoms with van der Waals surface area (Å²) in [6.07, 6.45) is 4.04. The Labute approximate surface area is 131 Å². The summed E-state index contributed by atoms with van der Waals surface area (Å²) in [7, 11) is 1.62. The van der Waals surface area contributed by atoms with Gasteiger partial charge in [-0.1, -0.05) is 15.9 Å². The Morgan fingerprint density at radius 3 is 2.90 bits per heavy atom. The molecule has 0 atom stereocenters. The molecule has 0 bridgehead atoms. The van der Waals surface area contributed by atoms with Crippen molar-refractivity contribution in [3.8, 4) is 5.75 Å². The zero-order chi connectivity index (χ0) is 14.8. The second kappa shape index (κ2) is 5.89. The number of hydrogen-bond donors (Lipinski definition) is 1. The van der Waals surface area contributed by atoms with Gasteiger partial charge in [0.15, 0.2) is 0 Å². The Morgan fingerprint density at radius 1 is 1.43 bits per heavy atom. The number of benzene rings is 1. The minimum Gasteiger partial charge on any atom is -0.497 e. The predicted molar refractivity (Wildman–Crippen MR) is 84.9 cm³/mol. The molecule has 21 heavy (non-hydrogen) atoms. The number of nitrogens with zero attached hydrogens (tertiary/aromatic N) is 2. The second-order valence-corrected chi connectivity index (χ2v) is 5.97. The zero-order valence-electron chi connectivity index (χ0n) is 11.7. The van der Waals surface area contributed by atoms with Crippen LogP contribution in [0.15, 0.2) is 39.7 Å². The van der Waals surface area contributed by atoms with E-state index in [0.29, 0.717) is 12.6 Å². The number of methoxy groups -OCH3 is 1. The van der Waals surface area contributed by atoms with Gasteiger partial charge in [0.05, 0.1) is 25.5 Å². The predicted octanol–water partition coefficient (Wildman–Crippen LogP) is 2.64. The largest absolute Gasteiger partial charge is 0.497 e. The Kier molecular flexibility index (Phi) is 3.96. The van der Waals surface area contributed by atoms with Crippen molar-refractivity contribution in [1.29, 1.82) is 0 Å². The van der Waals surface area contributed by atoms with Crippen LogP contribution in [0.5, 0.6) is 5.75 Å². The molecule has 0 spiro atoms. The van der Waals surface area contributed by atoms with Gasteiger partial charge in [-0.05, 0) is 36.6 Å². The molecule has 6 heteroatoms. The Bertz CT molecular complexity index is 710. The molecule has 1 aliphatic carbocycles. The molecule has 0 aliphatic heterocycles. The van der Waals surface area contributed by atoms with Crippen molar-refractivity contribution in [2.75, 3.05) is 12.4 Å². The molecule has 0 amide bonds. The summed E-state index contributed by atoms with van der Waals surface area (Å²) in [5, 5.41) is 7.50. The molecule has 1 fully saturated rings. The van der Waals surface area contributed by atoms with Crippen LogP contribution in [0.25, 0.3) is 0 Å². The number of anilines is 1. The normalized spacial score (nSPS) is 14.0. The Balaban J connectivity index is 1.82. The van der Waals surface area contributed by atoms with Gasteiger partial charge in [-0.15, -0.1) is 0 Å². The first-order chi connectivity index (χ1) is 10.2. The number of ether oxygens (including phenoxy) is 1. The van der Waals surface area contributed by atoms with Crippen LogP contribution in [0.3, 0.4) is 0 Å². The van der Waals surface area contributed by atoms with Gasteiger partial charge in [-0.3, -0.25) is 4.79 Å². The topological polar surface area (TPSA) is 56.1 Å². The third kappa shape index (κ3) is 3.44. The van der Waals surface area contributed by atoms with E-state index < -0.39 is 0 Å². The molecule has 1 aromatic carbocycles. The van der Waals surface area contributed by atoms with Crippen molar-refractivity contribution < 1.29 is 4.74 Å². The van der Waals surface area contributed by atoms with E-state index in [4.69, 9.17) is 4.74 Å². The van der Waals surface area contributed by atoms with Crippen molar-refractivity contribution >= 4 is 21.6 Å². The number of nitrogens with one attached hydrogen (secondary N) is 1. The van der Waals surface area contributed by atoms with Crippen molar-refractivity contribution in [3.05, 3.63) is 50.9 Å². The molecule has 2 aromatic rings. The molecule has 1 N–H and O–H groups in total. The summed E-state index contributed by atoms with van der Waals surface area (Å²) < 4.78 is 7.58. The fourth-order valence-corrected chi connectivity index (χ4v) is 2.43. The first-order valence-corrected chi connectivity index (χ1v) is 7.61. The standard InChI is InChI=1S/C15H16BrN3O2/c1-21-13-4-5-14(16)10(6-13)9-19-15(20)7-12(8-17-19)18-11-2-3-11/h4-8,11,18H,2-3,9H2,1H3. The van der Waals surface area contributed by atoms with Crippen LogP contribution < -0.4 is 15.6 Å². The van der Waals surface area contributed by atoms with Gasteiger partial charge in [-0.2, -0.15) is 5.10 Å². The van der Waals surface area contributed by atoms with Gasteiger partial charge in [0.1, 0.15) is 5.75 Å². The van der Waals surface area contributed by atoms with E-state index in [1.165, 1.54) is 17.5 Å². The first kappa shape index (κ1) is 14.1. The highest BCUT2D eigenvalue weighted by Crippen LogP contribution is 2.24. The summed E-state index contributed by atoms with van der Waals surface area (Å²) >= 11 is 3.49. The smallest absolute Gasteiger partial charge is 0.269 e. The van der Waals surface area contributed by atoms with Gasteiger partial charge >= 0.3 is 0 Å². The van der Waals surface area contributed by atoms with Gasteiger partial charge in [0.25, 0.3) is 5.56 Å². The fraction of sp³-hybridized carbons (Fsp3) is 0.333.